The van der Waals surface area contributed by atoms with E-state index in [1.807, 2.05) is 24.3 Å². The average molecular weight is 422 g/mol. The van der Waals surface area contributed by atoms with Crippen molar-refractivity contribution < 1.29 is 19.2 Å². The Bertz CT molecular complexity index is 790. The molecule has 2 atom stereocenters. The summed E-state index contributed by atoms with van der Waals surface area (Å²) in [5, 5.41) is 16.5. The fourth-order valence-electron chi connectivity index (χ4n) is 3.00. The van der Waals surface area contributed by atoms with Gasteiger partial charge in [-0.05, 0) is 24.6 Å². The Labute approximate surface area is 159 Å². The quantitative estimate of drug-likeness (QED) is 0.763. The molecule has 1 aliphatic rings. The number of β-amino-alcohol motifs (C(OH)–C–C–N with tert-alkyl or cyclic N) is 1. The number of aliphatic hydroxyl groups excluding tert-OH is 1. The molecule has 0 spiro atoms. The molecule has 1 aromatic heterocycles. The molecule has 7 nitrogen and oxygen atoms in total. The van der Waals surface area contributed by atoms with E-state index < -0.39 is 12.1 Å². The number of benzene rings is 1. The van der Waals surface area contributed by atoms with E-state index in [-0.39, 0.29) is 31.2 Å². The van der Waals surface area contributed by atoms with Crippen LogP contribution in [0.5, 0.6) is 0 Å². The topological polar surface area (TPSA) is 95.7 Å². The minimum absolute atomic E-state index is 0.0179. The zero-order valence-corrected chi connectivity index (χ0v) is 15.9. The molecular formula is C18H20BrN3O4. The van der Waals surface area contributed by atoms with Crippen molar-refractivity contribution in [3.05, 3.63) is 51.8 Å². The van der Waals surface area contributed by atoms with Crippen LogP contribution >= 0.6 is 15.9 Å². The van der Waals surface area contributed by atoms with E-state index in [0.717, 1.165) is 10.0 Å². The van der Waals surface area contributed by atoms with Crippen LogP contribution in [0.1, 0.15) is 23.4 Å². The van der Waals surface area contributed by atoms with E-state index in [4.69, 9.17) is 4.52 Å². The number of amides is 2. The third-order valence-electron chi connectivity index (χ3n) is 4.28. The van der Waals surface area contributed by atoms with Crippen molar-refractivity contribution in [2.75, 3.05) is 6.54 Å². The molecule has 1 aliphatic heterocycles. The summed E-state index contributed by atoms with van der Waals surface area (Å²) in [6, 6.07) is 8.61. The van der Waals surface area contributed by atoms with Crippen molar-refractivity contribution in [1.29, 1.82) is 0 Å². The van der Waals surface area contributed by atoms with Gasteiger partial charge < -0.3 is 19.8 Å². The molecule has 2 heterocycles. The highest BCUT2D eigenvalue weighted by molar-refractivity contribution is 9.10. The van der Waals surface area contributed by atoms with Crippen molar-refractivity contribution >= 4 is 27.7 Å². The van der Waals surface area contributed by atoms with Gasteiger partial charge in [0.25, 0.3) is 0 Å². The van der Waals surface area contributed by atoms with Crippen LogP contribution in [-0.2, 0) is 22.6 Å². The molecule has 2 aromatic rings. The molecule has 1 fully saturated rings. The smallest absolute Gasteiger partial charge is 0.243 e. The van der Waals surface area contributed by atoms with Gasteiger partial charge in [-0.3, -0.25) is 9.59 Å². The molecule has 0 aliphatic carbocycles. The van der Waals surface area contributed by atoms with Gasteiger partial charge in [0.05, 0.1) is 18.2 Å². The largest absolute Gasteiger partial charge is 0.391 e. The van der Waals surface area contributed by atoms with Gasteiger partial charge in [0, 0.05) is 30.0 Å². The highest BCUT2D eigenvalue weighted by Crippen LogP contribution is 2.20. The first-order valence-corrected chi connectivity index (χ1v) is 9.13. The molecule has 0 radical (unpaired) electrons. The van der Waals surface area contributed by atoms with E-state index in [2.05, 4.69) is 26.4 Å². The van der Waals surface area contributed by atoms with Crippen LogP contribution in [0, 0.1) is 6.92 Å². The Morgan fingerprint density at radius 3 is 2.77 bits per heavy atom. The summed E-state index contributed by atoms with van der Waals surface area (Å²) in [7, 11) is 0. The molecule has 3 rings (SSSR count). The van der Waals surface area contributed by atoms with Crippen LogP contribution in [0.15, 0.2) is 39.3 Å². The number of rotatable bonds is 5. The van der Waals surface area contributed by atoms with E-state index in [1.54, 1.807) is 13.0 Å². The number of carbonyl (C=O) groups excluding carboxylic acids is 2. The number of likely N-dealkylation sites (tertiary alicyclic amines) is 1. The molecule has 2 amide bonds. The minimum atomic E-state index is -0.709. The van der Waals surface area contributed by atoms with E-state index in [1.165, 1.54) is 4.90 Å². The second-order valence-corrected chi connectivity index (χ2v) is 7.32. The second-order valence-electron chi connectivity index (χ2n) is 6.41. The van der Waals surface area contributed by atoms with Crippen LogP contribution < -0.4 is 5.32 Å². The van der Waals surface area contributed by atoms with Crippen molar-refractivity contribution in [3.8, 4) is 0 Å². The first-order chi connectivity index (χ1) is 12.4. The maximum atomic E-state index is 12.5. The van der Waals surface area contributed by atoms with Crippen LogP contribution in [-0.4, -0.2) is 45.7 Å². The SMILES string of the molecule is Cc1cc(CC(=O)N2C[C@H](O)C[C@H]2C(=O)NCc2ccc(Br)cc2)on1. The summed E-state index contributed by atoms with van der Waals surface area (Å²) in [6.07, 6.45) is -0.462. The van der Waals surface area contributed by atoms with Crippen LogP contribution in [0.4, 0.5) is 0 Å². The molecule has 0 saturated carbocycles. The maximum Gasteiger partial charge on any atom is 0.243 e. The predicted molar refractivity (Wildman–Crippen MR) is 97.1 cm³/mol. The van der Waals surface area contributed by atoms with Gasteiger partial charge in [-0.25, -0.2) is 0 Å². The number of hydrogen-bond donors (Lipinski definition) is 2. The summed E-state index contributed by atoms with van der Waals surface area (Å²) >= 11 is 3.37. The lowest BCUT2D eigenvalue weighted by molar-refractivity contribution is -0.138. The third-order valence-corrected chi connectivity index (χ3v) is 4.81. The molecule has 2 N–H and O–H groups in total. The van der Waals surface area contributed by atoms with Crippen LogP contribution in [0.3, 0.4) is 0 Å². The van der Waals surface area contributed by atoms with Crippen molar-refractivity contribution in [1.82, 2.24) is 15.4 Å². The number of aliphatic hydroxyl groups is 1. The maximum absolute atomic E-state index is 12.5. The fraction of sp³-hybridized carbons (Fsp3) is 0.389. The van der Waals surface area contributed by atoms with Gasteiger partial charge in [-0.1, -0.05) is 33.2 Å². The summed E-state index contributed by atoms with van der Waals surface area (Å²) in [5.41, 5.74) is 1.65. The zero-order valence-electron chi connectivity index (χ0n) is 14.3. The van der Waals surface area contributed by atoms with Crippen molar-refractivity contribution in [3.63, 3.8) is 0 Å². The Morgan fingerprint density at radius 1 is 1.38 bits per heavy atom. The fourth-order valence-corrected chi connectivity index (χ4v) is 3.26. The van der Waals surface area contributed by atoms with Gasteiger partial charge >= 0.3 is 0 Å². The molecule has 138 valence electrons. The van der Waals surface area contributed by atoms with Crippen molar-refractivity contribution in [2.45, 2.75) is 38.5 Å². The molecular weight excluding hydrogens is 402 g/mol. The highest BCUT2D eigenvalue weighted by Gasteiger charge is 2.38. The third kappa shape index (κ3) is 4.50. The Kier molecular flexibility index (Phi) is 5.73. The molecule has 0 unspecified atom stereocenters. The predicted octanol–water partition coefficient (Wildman–Crippen LogP) is 1.57. The Morgan fingerprint density at radius 2 is 2.12 bits per heavy atom. The first-order valence-electron chi connectivity index (χ1n) is 8.34. The van der Waals surface area contributed by atoms with E-state index in [9.17, 15) is 14.7 Å². The Balaban J connectivity index is 1.61. The zero-order chi connectivity index (χ0) is 18.7. The monoisotopic (exact) mass is 421 g/mol. The standard InChI is InChI=1S/C18H20BrN3O4/c1-11-6-15(26-21-11)8-17(24)22-10-14(23)7-16(22)18(25)20-9-12-2-4-13(19)5-3-12/h2-6,14,16,23H,7-10H2,1H3,(H,20,25)/t14-,16+/m1/s1. The second kappa shape index (κ2) is 8.01. The number of nitrogens with zero attached hydrogens (tertiary/aromatic N) is 2. The molecule has 8 heteroatoms. The Hall–Kier alpha value is -2.19. The van der Waals surface area contributed by atoms with Gasteiger partial charge in [0.1, 0.15) is 11.8 Å². The molecule has 26 heavy (non-hydrogen) atoms. The summed E-state index contributed by atoms with van der Waals surface area (Å²) in [5.74, 6) is -0.0871. The number of aryl methyl sites for hydroxylation is 1. The van der Waals surface area contributed by atoms with E-state index >= 15 is 0 Å². The number of halogens is 1. The highest BCUT2D eigenvalue weighted by atomic mass is 79.9. The normalized spacial score (nSPS) is 19.6. The molecule has 1 saturated heterocycles. The average Bonchev–Trinajstić information content (AvgIpc) is 3.19. The molecule has 0 bridgehead atoms. The lowest BCUT2D eigenvalue weighted by Gasteiger charge is -2.23. The summed E-state index contributed by atoms with van der Waals surface area (Å²) in [6.45, 7) is 2.28. The van der Waals surface area contributed by atoms with Gasteiger partial charge in [-0.15, -0.1) is 0 Å². The van der Waals surface area contributed by atoms with Crippen LogP contribution in [0.2, 0.25) is 0 Å². The van der Waals surface area contributed by atoms with E-state index in [0.29, 0.717) is 18.0 Å². The molecule has 1 aromatic carbocycles. The number of nitrogens with one attached hydrogen (secondary N) is 1. The first kappa shape index (κ1) is 18.6. The lowest BCUT2D eigenvalue weighted by atomic mass is 10.1. The summed E-state index contributed by atoms with van der Waals surface area (Å²) < 4.78 is 6.03. The lowest BCUT2D eigenvalue weighted by Crippen LogP contribution is -2.46. The van der Waals surface area contributed by atoms with Gasteiger partial charge in [-0.2, -0.15) is 0 Å². The minimum Gasteiger partial charge on any atom is -0.391 e. The van der Waals surface area contributed by atoms with Crippen LogP contribution in [0.25, 0.3) is 0 Å². The summed E-state index contributed by atoms with van der Waals surface area (Å²) in [4.78, 5) is 26.5. The number of hydrogen-bond acceptors (Lipinski definition) is 5. The number of carbonyl (C=O) groups is 2. The van der Waals surface area contributed by atoms with Crippen molar-refractivity contribution in [2.24, 2.45) is 0 Å². The van der Waals surface area contributed by atoms with Gasteiger partial charge in [0.15, 0.2) is 0 Å². The van der Waals surface area contributed by atoms with Gasteiger partial charge in [0.2, 0.25) is 11.8 Å². The number of aromatic nitrogens is 1.